The monoisotopic (exact) mass is 498 g/mol. The van der Waals surface area contributed by atoms with E-state index in [1.165, 1.54) is 13.0 Å². The molecule has 1 aliphatic heterocycles. The molecule has 4 nitrogen and oxygen atoms in total. The second-order valence-electron chi connectivity index (χ2n) is 7.62. The number of hydrogen-bond acceptors (Lipinski definition) is 3. The third-order valence-corrected chi connectivity index (χ3v) is 5.73. The molecule has 8 heteroatoms. The van der Waals surface area contributed by atoms with E-state index in [1.807, 2.05) is 13.0 Å². The molecule has 1 aromatic heterocycles. The highest BCUT2D eigenvalue weighted by Crippen LogP contribution is 2.41. The first-order chi connectivity index (χ1) is 14.5. The maximum Gasteiger partial charge on any atom is 0.393 e. The van der Waals surface area contributed by atoms with Gasteiger partial charge in [0.15, 0.2) is 5.78 Å². The van der Waals surface area contributed by atoms with Crippen molar-refractivity contribution in [2.75, 3.05) is 7.11 Å². The predicted molar refractivity (Wildman–Crippen MR) is 117 cm³/mol. The van der Waals surface area contributed by atoms with Gasteiger partial charge in [-0.25, -0.2) is 0 Å². The number of carbonyl (C=O) groups excluding carboxylic acids is 1. The number of aryl methyl sites for hydroxylation is 1. The Kier molecular flexibility index (Phi) is 8.35. The molecular formula is C23H26BrF3N2O2. The number of fused-ring (bicyclic) bond motifs is 3. The van der Waals surface area contributed by atoms with Gasteiger partial charge in [0.2, 0.25) is 0 Å². The number of carbonyl (C=O) groups is 1. The van der Waals surface area contributed by atoms with E-state index < -0.39 is 12.6 Å². The van der Waals surface area contributed by atoms with E-state index in [2.05, 4.69) is 28.9 Å². The van der Waals surface area contributed by atoms with Crippen LogP contribution in [-0.4, -0.2) is 23.6 Å². The first-order valence-electron chi connectivity index (χ1n) is 10.1. The SMILES string of the molecule is CCCC(C)C#N.COc1cc2c(cc1Br)-c1c(CC(F)(F)F)cc(C(C)=O)n1CC2. The summed E-state index contributed by atoms with van der Waals surface area (Å²) < 4.78 is 46.5. The summed E-state index contributed by atoms with van der Waals surface area (Å²) in [5.41, 5.74) is 2.55. The van der Waals surface area contributed by atoms with Crippen LogP contribution >= 0.6 is 15.9 Å². The van der Waals surface area contributed by atoms with Crippen molar-refractivity contribution in [1.29, 1.82) is 5.26 Å². The zero-order chi connectivity index (χ0) is 23.3. The van der Waals surface area contributed by atoms with Gasteiger partial charge in [0.1, 0.15) is 5.75 Å². The van der Waals surface area contributed by atoms with Crippen molar-refractivity contribution in [3.8, 4) is 23.1 Å². The Labute approximate surface area is 189 Å². The van der Waals surface area contributed by atoms with E-state index in [0.717, 1.165) is 18.4 Å². The van der Waals surface area contributed by atoms with Crippen LogP contribution in [0.15, 0.2) is 22.7 Å². The fourth-order valence-electron chi connectivity index (χ4n) is 3.71. The van der Waals surface area contributed by atoms with E-state index in [-0.39, 0.29) is 17.3 Å². The Morgan fingerprint density at radius 3 is 2.52 bits per heavy atom. The van der Waals surface area contributed by atoms with Crippen LogP contribution in [0.3, 0.4) is 0 Å². The number of Topliss-reactive ketones (excluding diaryl/α,β-unsaturated/α-hetero) is 1. The van der Waals surface area contributed by atoms with Crippen LogP contribution in [0.4, 0.5) is 13.2 Å². The molecule has 1 atom stereocenters. The maximum atomic E-state index is 13.0. The number of ketones is 1. The lowest BCUT2D eigenvalue weighted by atomic mass is 9.95. The van der Waals surface area contributed by atoms with Gasteiger partial charge in [0, 0.05) is 24.9 Å². The van der Waals surface area contributed by atoms with E-state index in [9.17, 15) is 18.0 Å². The second kappa shape index (κ2) is 10.4. The summed E-state index contributed by atoms with van der Waals surface area (Å²) in [5, 5.41) is 8.22. The van der Waals surface area contributed by atoms with Crippen molar-refractivity contribution < 1.29 is 22.7 Å². The summed E-state index contributed by atoms with van der Waals surface area (Å²) in [6.45, 7) is 5.89. The molecule has 168 valence electrons. The Morgan fingerprint density at radius 1 is 1.35 bits per heavy atom. The van der Waals surface area contributed by atoms with E-state index in [4.69, 9.17) is 10.00 Å². The molecule has 1 aliphatic rings. The molecule has 0 amide bonds. The summed E-state index contributed by atoms with van der Waals surface area (Å²) in [7, 11) is 1.54. The largest absolute Gasteiger partial charge is 0.496 e. The lowest BCUT2D eigenvalue weighted by molar-refractivity contribution is -0.127. The zero-order valence-corrected chi connectivity index (χ0v) is 19.7. The Bertz CT molecular complexity index is 990. The topological polar surface area (TPSA) is 55.0 Å². The molecule has 2 aromatic rings. The summed E-state index contributed by atoms with van der Waals surface area (Å²) in [5.74, 6) is 0.656. The highest BCUT2D eigenvalue weighted by atomic mass is 79.9. The molecule has 0 N–H and O–H groups in total. The first kappa shape index (κ1) is 25.0. The molecule has 1 unspecified atom stereocenters. The van der Waals surface area contributed by atoms with Gasteiger partial charge in [-0.1, -0.05) is 13.3 Å². The van der Waals surface area contributed by atoms with Crippen LogP contribution < -0.4 is 4.74 Å². The highest BCUT2D eigenvalue weighted by molar-refractivity contribution is 9.10. The second-order valence-corrected chi connectivity index (χ2v) is 8.47. The van der Waals surface area contributed by atoms with Gasteiger partial charge in [-0.3, -0.25) is 4.79 Å². The predicted octanol–water partition coefficient (Wildman–Crippen LogP) is 6.74. The van der Waals surface area contributed by atoms with E-state index in [1.54, 1.807) is 17.7 Å². The molecule has 3 rings (SSSR count). The maximum absolute atomic E-state index is 13.0. The fraction of sp³-hybridized carbons (Fsp3) is 0.478. The number of benzene rings is 1. The van der Waals surface area contributed by atoms with Crippen molar-refractivity contribution in [2.45, 2.75) is 59.2 Å². The fourth-order valence-corrected chi connectivity index (χ4v) is 4.21. The first-order valence-corrected chi connectivity index (χ1v) is 10.9. The van der Waals surface area contributed by atoms with Gasteiger partial charge in [-0.2, -0.15) is 18.4 Å². The van der Waals surface area contributed by atoms with Crippen LogP contribution in [-0.2, 0) is 19.4 Å². The van der Waals surface area contributed by atoms with Crippen molar-refractivity contribution >= 4 is 21.7 Å². The quantitative estimate of drug-likeness (QED) is 0.429. The third-order valence-electron chi connectivity index (χ3n) is 5.11. The minimum absolute atomic E-state index is 0.130. The van der Waals surface area contributed by atoms with Crippen LogP contribution in [0.1, 0.15) is 55.2 Å². The van der Waals surface area contributed by atoms with E-state index in [0.29, 0.717) is 40.1 Å². The minimum Gasteiger partial charge on any atom is -0.496 e. The molecule has 2 heterocycles. The normalized spacial score (nSPS) is 13.3. The number of aromatic nitrogens is 1. The van der Waals surface area contributed by atoms with Gasteiger partial charge in [0.25, 0.3) is 0 Å². The van der Waals surface area contributed by atoms with Crippen molar-refractivity contribution in [3.05, 3.63) is 39.5 Å². The van der Waals surface area contributed by atoms with Gasteiger partial charge >= 0.3 is 6.18 Å². The minimum atomic E-state index is -4.34. The number of methoxy groups -OCH3 is 1. The van der Waals surface area contributed by atoms with Crippen molar-refractivity contribution in [2.24, 2.45) is 5.92 Å². The number of halogens is 4. The van der Waals surface area contributed by atoms with E-state index >= 15 is 0 Å². The number of nitrogens with zero attached hydrogens (tertiary/aromatic N) is 2. The van der Waals surface area contributed by atoms with Gasteiger partial charge in [-0.15, -0.1) is 0 Å². The zero-order valence-electron chi connectivity index (χ0n) is 18.1. The van der Waals surface area contributed by atoms with Crippen LogP contribution in [0.25, 0.3) is 11.3 Å². The Hall–Kier alpha value is -2.27. The third kappa shape index (κ3) is 6.13. The average Bonchev–Trinajstić information content (AvgIpc) is 3.05. The number of alkyl halides is 3. The van der Waals surface area contributed by atoms with Crippen LogP contribution in [0.5, 0.6) is 5.75 Å². The molecule has 0 fully saturated rings. The Morgan fingerprint density at radius 2 is 2.03 bits per heavy atom. The van der Waals surface area contributed by atoms with Crippen molar-refractivity contribution in [1.82, 2.24) is 4.57 Å². The average molecular weight is 499 g/mol. The number of hydrogen-bond donors (Lipinski definition) is 0. The van der Waals surface area contributed by atoms with Crippen LogP contribution in [0.2, 0.25) is 0 Å². The lowest BCUT2D eigenvalue weighted by Gasteiger charge is -2.23. The molecule has 0 bridgehead atoms. The summed E-state index contributed by atoms with van der Waals surface area (Å²) in [6, 6.07) is 7.14. The molecule has 0 saturated heterocycles. The highest BCUT2D eigenvalue weighted by Gasteiger charge is 2.33. The number of rotatable bonds is 5. The molecule has 31 heavy (non-hydrogen) atoms. The Balaban J connectivity index is 0.000000423. The number of nitriles is 1. The molecule has 0 saturated carbocycles. The lowest BCUT2D eigenvalue weighted by Crippen LogP contribution is -2.17. The van der Waals surface area contributed by atoms with Gasteiger partial charge < -0.3 is 9.30 Å². The van der Waals surface area contributed by atoms with Crippen LogP contribution in [0, 0.1) is 17.2 Å². The standard InChI is InChI=1S/C17H15BrF3NO2.C6H11N/c1-9(23)14-5-11(8-17(19,20)21)16-12-7-13(18)15(24-2)6-10(12)3-4-22(14)16;1-3-4-6(2)5-7/h5-7H,3-4,8H2,1-2H3;6H,3-4H2,1-2H3. The summed E-state index contributed by atoms with van der Waals surface area (Å²) in [4.78, 5) is 11.8. The molecule has 0 radical (unpaired) electrons. The molecule has 0 aliphatic carbocycles. The summed E-state index contributed by atoms with van der Waals surface area (Å²) in [6.07, 6.45) is -2.60. The molecule has 0 spiro atoms. The van der Waals surface area contributed by atoms with Crippen molar-refractivity contribution in [3.63, 3.8) is 0 Å². The van der Waals surface area contributed by atoms with Gasteiger partial charge in [-0.05, 0) is 65.0 Å². The molecular weight excluding hydrogens is 473 g/mol. The smallest absolute Gasteiger partial charge is 0.393 e. The number of ether oxygens (including phenoxy) is 1. The summed E-state index contributed by atoms with van der Waals surface area (Å²) >= 11 is 3.39. The molecule has 1 aromatic carbocycles. The van der Waals surface area contributed by atoms with Gasteiger partial charge in [0.05, 0.1) is 35.5 Å².